The Labute approximate surface area is 208 Å². The summed E-state index contributed by atoms with van der Waals surface area (Å²) in [6.07, 6.45) is 6.92. The number of aromatic nitrogens is 1. The molecule has 0 bridgehead atoms. The number of benzene rings is 2. The minimum atomic E-state index is -0.657. The van der Waals surface area contributed by atoms with Crippen LogP contribution in [0, 0.1) is 11.5 Å². The molecule has 2 amide bonds. The molecule has 4 rings (SSSR count). The zero-order valence-corrected chi connectivity index (χ0v) is 19.8. The number of methoxy groups -OCH3 is 1. The maximum Gasteiger partial charge on any atom is 0.323 e. The molecule has 1 aromatic heterocycles. The van der Waals surface area contributed by atoms with Gasteiger partial charge in [-0.1, -0.05) is 12.1 Å². The summed E-state index contributed by atoms with van der Waals surface area (Å²) >= 11 is 0. The topological polar surface area (TPSA) is 151 Å². The smallest absolute Gasteiger partial charge is 0.323 e. The molecule has 1 atom stereocenters. The fourth-order valence-electron chi connectivity index (χ4n) is 3.95. The number of guanidine groups is 1. The number of amides is 2. The summed E-state index contributed by atoms with van der Waals surface area (Å²) in [4.78, 5) is 22.3. The lowest BCUT2D eigenvalue weighted by molar-refractivity contribution is 0.114. The van der Waals surface area contributed by atoms with E-state index >= 15 is 0 Å². The van der Waals surface area contributed by atoms with Crippen molar-refractivity contribution >= 4 is 23.4 Å². The van der Waals surface area contributed by atoms with Crippen molar-refractivity contribution < 1.29 is 18.7 Å². The monoisotopic (exact) mass is 489 g/mol. The van der Waals surface area contributed by atoms with Crippen LogP contribution in [-0.4, -0.2) is 43.3 Å². The highest BCUT2D eigenvalue weighted by Gasteiger charge is 2.19. The third-order valence-corrected chi connectivity index (χ3v) is 5.65. The van der Waals surface area contributed by atoms with Gasteiger partial charge >= 0.3 is 6.03 Å². The highest BCUT2D eigenvalue weighted by molar-refractivity contribution is 5.99. The third kappa shape index (κ3) is 5.92. The molecule has 0 aliphatic carbocycles. The molecule has 36 heavy (non-hydrogen) atoms. The van der Waals surface area contributed by atoms with E-state index in [0.29, 0.717) is 41.0 Å². The number of nitrogens with one attached hydrogen (secondary N) is 2. The highest BCUT2D eigenvalue weighted by atomic mass is 16.5. The first-order valence-electron chi connectivity index (χ1n) is 11.4. The van der Waals surface area contributed by atoms with Gasteiger partial charge in [-0.2, -0.15) is 5.26 Å². The maximum absolute atomic E-state index is 12.5. The van der Waals surface area contributed by atoms with Crippen LogP contribution in [0.1, 0.15) is 18.4 Å². The SMILES string of the molecule is COc1cc(N(C(N)=O)c2cccc(CN=C(NC#N)NCC3CCCO3)c2)ccc1-c1cnco1. The summed E-state index contributed by atoms with van der Waals surface area (Å²) in [5.41, 5.74) is 8.36. The van der Waals surface area contributed by atoms with Crippen molar-refractivity contribution in [3.63, 3.8) is 0 Å². The number of nitrogens with two attached hydrogens (primary N) is 1. The molecular weight excluding hydrogens is 462 g/mol. The Balaban J connectivity index is 1.54. The van der Waals surface area contributed by atoms with E-state index in [-0.39, 0.29) is 12.6 Å². The van der Waals surface area contributed by atoms with E-state index in [1.165, 1.54) is 18.4 Å². The quantitative estimate of drug-likeness (QED) is 0.189. The molecule has 1 saturated heterocycles. The van der Waals surface area contributed by atoms with Crippen LogP contribution in [0.25, 0.3) is 11.3 Å². The van der Waals surface area contributed by atoms with Gasteiger partial charge in [-0.25, -0.2) is 14.8 Å². The fourth-order valence-corrected chi connectivity index (χ4v) is 3.95. The molecule has 2 aromatic carbocycles. The Morgan fingerprint density at radius 2 is 2.19 bits per heavy atom. The number of nitrogens with zero attached hydrogens (tertiary/aromatic N) is 4. The Kier molecular flexibility index (Phi) is 8.00. The van der Waals surface area contributed by atoms with E-state index in [0.717, 1.165) is 25.0 Å². The number of carbonyl (C=O) groups is 1. The van der Waals surface area contributed by atoms with Crippen LogP contribution >= 0.6 is 0 Å². The van der Waals surface area contributed by atoms with Crippen molar-refractivity contribution in [2.75, 3.05) is 25.2 Å². The van der Waals surface area contributed by atoms with Crippen LogP contribution in [0.2, 0.25) is 0 Å². The van der Waals surface area contributed by atoms with Gasteiger partial charge in [0.25, 0.3) is 0 Å². The van der Waals surface area contributed by atoms with Crippen molar-refractivity contribution in [2.45, 2.75) is 25.5 Å². The first kappa shape index (κ1) is 24.6. The zero-order valence-electron chi connectivity index (χ0n) is 19.8. The van der Waals surface area contributed by atoms with Crippen molar-refractivity contribution in [3.8, 4) is 23.3 Å². The summed E-state index contributed by atoms with van der Waals surface area (Å²) in [6.45, 7) is 1.59. The van der Waals surface area contributed by atoms with Crippen LogP contribution in [0.3, 0.4) is 0 Å². The molecule has 3 aromatic rings. The molecule has 11 heteroatoms. The lowest BCUT2D eigenvalue weighted by Crippen LogP contribution is -2.39. The van der Waals surface area contributed by atoms with E-state index < -0.39 is 6.03 Å². The summed E-state index contributed by atoms with van der Waals surface area (Å²) in [7, 11) is 1.53. The molecule has 4 N–H and O–H groups in total. The minimum absolute atomic E-state index is 0.107. The summed E-state index contributed by atoms with van der Waals surface area (Å²) in [6, 6.07) is 11.9. The number of urea groups is 1. The molecule has 0 radical (unpaired) electrons. The van der Waals surface area contributed by atoms with Gasteiger partial charge in [0.15, 0.2) is 18.3 Å². The lowest BCUT2D eigenvalue weighted by Gasteiger charge is -2.22. The predicted molar refractivity (Wildman–Crippen MR) is 134 cm³/mol. The van der Waals surface area contributed by atoms with Gasteiger partial charge in [0, 0.05) is 19.2 Å². The highest BCUT2D eigenvalue weighted by Crippen LogP contribution is 2.36. The number of hydrogen-bond donors (Lipinski definition) is 3. The number of carbonyl (C=O) groups excluding carboxylic acids is 1. The second kappa shape index (κ2) is 11.7. The van der Waals surface area contributed by atoms with E-state index in [4.69, 9.17) is 24.9 Å². The Hall–Kier alpha value is -4.56. The summed E-state index contributed by atoms with van der Waals surface area (Å²) in [5, 5.41) is 14.8. The number of hydrogen-bond acceptors (Lipinski definition) is 7. The molecule has 0 saturated carbocycles. The molecule has 0 spiro atoms. The zero-order chi connectivity index (χ0) is 25.3. The first-order chi connectivity index (χ1) is 17.6. The van der Waals surface area contributed by atoms with Crippen LogP contribution in [0.15, 0.2) is 64.5 Å². The number of primary amides is 1. The van der Waals surface area contributed by atoms with E-state index in [1.54, 1.807) is 30.5 Å². The maximum atomic E-state index is 12.5. The predicted octanol–water partition coefficient (Wildman–Crippen LogP) is 3.26. The summed E-state index contributed by atoms with van der Waals surface area (Å²) in [5.74, 6) is 1.40. The molecule has 11 nitrogen and oxygen atoms in total. The van der Waals surface area contributed by atoms with E-state index in [1.807, 2.05) is 24.4 Å². The second-order valence-electron chi connectivity index (χ2n) is 8.01. The van der Waals surface area contributed by atoms with Gasteiger partial charge in [0.1, 0.15) is 5.75 Å². The number of oxazole rings is 1. The normalized spacial score (nSPS) is 15.2. The number of rotatable bonds is 8. The largest absolute Gasteiger partial charge is 0.496 e. The summed E-state index contributed by atoms with van der Waals surface area (Å²) < 4.78 is 16.5. The standard InChI is InChI=1S/C25H27N7O4/c1-34-22-11-19(7-8-21(22)23-14-28-16-36-23)32(24(27)33)18-5-2-4-17(10-18)12-29-25(31-15-26)30-13-20-6-3-9-35-20/h2,4-5,7-8,10-11,14,16,20H,3,6,9,12-13H2,1H3,(H2,27,33)(H2,29,30,31). The fraction of sp³-hybridized carbons (Fsp3) is 0.280. The number of ether oxygens (including phenoxy) is 2. The molecule has 1 aliphatic heterocycles. The van der Waals surface area contributed by atoms with Gasteiger partial charge in [-0.15, -0.1) is 0 Å². The molecule has 2 heterocycles. The van der Waals surface area contributed by atoms with Gasteiger partial charge in [-0.05, 0) is 42.7 Å². The van der Waals surface area contributed by atoms with Crippen LogP contribution in [0.4, 0.5) is 16.2 Å². The van der Waals surface area contributed by atoms with Gasteiger partial charge in [0.05, 0.1) is 42.9 Å². The van der Waals surface area contributed by atoms with Crippen molar-refractivity contribution in [1.29, 1.82) is 5.26 Å². The average molecular weight is 490 g/mol. The lowest BCUT2D eigenvalue weighted by atomic mass is 10.1. The number of aliphatic imine (C=N–C) groups is 1. The van der Waals surface area contributed by atoms with E-state index in [9.17, 15) is 4.79 Å². The third-order valence-electron chi connectivity index (χ3n) is 5.65. The van der Waals surface area contributed by atoms with Crippen molar-refractivity contribution in [2.24, 2.45) is 10.7 Å². The minimum Gasteiger partial charge on any atom is -0.496 e. The second-order valence-corrected chi connectivity index (χ2v) is 8.01. The molecule has 1 unspecified atom stereocenters. The first-order valence-corrected chi connectivity index (χ1v) is 11.4. The number of anilines is 2. The van der Waals surface area contributed by atoms with Crippen molar-refractivity contribution in [1.82, 2.24) is 15.6 Å². The van der Waals surface area contributed by atoms with Crippen LogP contribution in [-0.2, 0) is 11.3 Å². The van der Waals surface area contributed by atoms with Gasteiger partial charge < -0.3 is 24.9 Å². The Morgan fingerprint density at radius 3 is 2.89 bits per heavy atom. The molecular formula is C25H27N7O4. The van der Waals surface area contributed by atoms with Gasteiger partial charge in [-0.3, -0.25) is 10.2 Å². The van der Waals surface area contributed by atoms with Crippen LogP contribution in [0.5, 0.6) is 5.75 Å². The van der Waals surface area contributed by atoms with Gasteiger partial charge in [0.2, 0.25) is 5.96 Å². The van der Waals surface area contributed by atoms with Crippen LogP contribution < -0.4 is 26.0 Å². The molecule has 186 valence electrons. The average Bonchev–Trinajstić information content (AvgIpc) is 3.60. The number of nitriles is 1. The van der Waals surface area contributed by atoms with Crippen molar-refractivity contribution in [3.05, 3.63) is 60.6 Å². The molecule has 1 aliphatic rings. The molecule has 1 fully saturated rings. The Bertz CT molecular complexity index is 1250. The Morgan fingerprint density at radius 1 is 1.33 bits per heavy atom. The van der Waals surface area contributed by atoms with E-state index in [2.05, 4.69) is 20.6 Å².